The van der Waals surface area contributed by atoms with Gasteiger partial charge in [0.1, 0.15) is 11.4 Å². The van der Waals surface area contributed by atoms with Crippen LogP contribution in [0.1, 0.15) is 22.5 Å². The summed E-state index contributed by atoms with van der Waals surface area (Å²) in [7, 11) is 0. The lowest BCUT2D eigenvalue weighted by atomic mass is 10.1. The first-order valence-electron chi connectivity index (χ1n) is 6.20. The molecule has 1 aliphatic heterocycles. The van der Waals surface area contributed by atoms with Crippen molar-refractivity contribution in [3.63, 3.8) is 0 Å². The summed E-state index contributed by atoms with van der Waals surface area (Å²) in [4.78, 5) is 20.0. The third kappa shape index (κ3) is 2.49. The van der Waals surface area contributed by atoms with Crippen LogP contribution in [-0.4, -0.2) is 28.2 Å². The number of nitrogens with zero attached hydrogens (tertiary/aromatic N) is 3. The van der Waals surface area contributed by atoms with E-state index in [4.69, 9.17) is 4.74 Å². The number of carbonyl (C=O) groups is 1. The summed E-state index contributed by atoms with van der Waals surface area (Å²) in [6.07, 6.45) is 5.39. The van der Waals surface area contributed by atoms with E-state index in [-0.39, 0.29) is 5.91 Å². The van der Waals surface area contributed by atoms with Crippen LogP contribution in [0.2, 0.25) is 0 Å². The summed E-state index contributed by atoms with van der Waals surface area (Å²) in [5, 5.41) is 4.15. The Kier molecular flexibility index (Phi) is 3.36. The Balaban J connectivity index is 1.79. The van der Waals surface area contributed by atoms with Gasteiger partial charge in [-0.25, -0.2) is 5.43 Å². The minimum Gasteiger partial charge on any atom is -0.491 e. The fourth-order valence-electron chi connectivity index (χ4n) is 1.89. The van der Waals surface area contributed by atoms with Gasteiger partial charge in [-0.1, -0.05) is 0 Å². The molecule has 0 saturated heterocycles. The maximum Gasteiger partial charge on any atom is 0.272 e. The molecule has 2 aromatic rings. The van der Waals surface area contributed by atoms with Gasteiger partial charge in [0.2, 0.25) is 0 Å². The van der Waals surface area contributed by atoms with Crippen molar-refractivity contribution in [2.75, 3.05) is 6.61 Å². The lowest BCUT2D eigenvalue weighted by Crippen LogP contribution is -2.24. The van der Waals surface area contributed by atoms with Crippen LogP contribution in [0, 0.1) is 0 Å². The average Bonchev–Trinajstić information content (AvgIpc) is 2.53. The third-order valence-corrected chi connectivity index (χ3v) is 2.86. The second kappa shape index (κ2) is 5.48. The van der Waals surface area contributed by atoms with Gasteiger partial charge in [-0.3, -0.25) is 14.8 Å². The van der Waals surface area contributed by atoms with E-state index in [0.717, 1.165) is 0 Å². The predicted octanol–water partition coefficient (Wildman–Crippen LogP) is 1.39. The van der Waals surface area contributed by atoms with Crippen molar-refractivity contribution < 1.29 is 9.53 Å². The van der Waals surface area contributed by atoms with E-state index in [1.54, 1.807) is 30.6 Å². The number of hydrogen-bond acceptors (Lipinski definition) is 5. The number of rotatable bonds is 2. The molecule has 1 amide bonds. The summed E-state index contributed by atoms with van der Waals surface area (Å²) < 4.78 is 5.48. The third-order valence-electron chi connectivity index (χ3n) is 2.86. The maximum atomic E-state index is 11.9. The van der Waals surface area contributed by atoms with Crippen LogP contribution in [0.15, 0.2) is 48.0 Å². The molecule has 0 radical (unpaired) electrons. The van der Waals surface area contributed by atoms with Crippen LogP contribution in [0.25, 0.3) is 0 Å². The topological polar surface area (TPSA) is 76.5 Å². The highest BCUT2D eigenvalue weighted by atomic mass is 16.5. The van der Waals surface area contributed by atoms with Gasteiger partial charge in [0, 0.05) is 25.0 Å². The number of ether oxygens (including phenoxy) is 1. The molecule has 0 bridgehead atoms. The number of hydrogen-bond donors (Lipinski definition) is 1. The normalized spacial score (nSPS) is 15.3. The van der Waals surface area contributed by atoms with Crippen LogP contribution < -0.4 is 10.2 Å². The van der Waals surface area contributed by atoms with E-state index < -0.39 is 0 Å². The molecule has 20 heavy (non-hydrogen) atoms. The van der Waals surface area contributed by atoms with Gasteiger partial charge < -0.3 is 4.74 Å². The molecule has 6 nitrogen and oxygen atoms in total. The van der Waals surface area contributed by atoms with Gasteiger partial charge in [-0.15, -0.1) is 0 Å². The van der Waals surface area contributed by atoms with Crippen molar-refractivity contribution in [2.45, 2.75) is 6.42 Å². The number of carbonyl (C=O) groups excluding carboxylic acids is 1. The standard InChI is InChI=1S/C14H12N4O2/c19-14(10-3-1-6-15-9-10)18-17-11-5-8-20-12-4-2-7-16-13(11)12/h1-4,6-7,9H,5,8H2,(H,18,19)/b17-11+. The Morgan fingerprint density at radius 1 is 1.30 bits per heavy atom. The monoisotopic (exact) mass is 268 g/mol. The van der Waals surface area contributed by atoms with Crippen LogP contribution in [-0.2, 0) is 0 Å². The zero-order valence-corrected chi connectivity index (χ0v) is 10.6. The van der Waals surface area contributed by atoms with Gasteiger partial charge in [0.15, 0.2) is 0 Å². The lowest BCUT2D eigenvalue weighted by molar-refractivity contribution is 0.0954. The molecule has 0 fully saturated rings. The van der Waals surface area contributed by atoms with Crippen LogP contribution in [0.3, 0.4) is 0 Å². The van der Waals surface area contributed by atoms with Crippen molar-refractivity contribution in [3.8, 4) is 5.75 Å². The predicted molar refractivity (Wildman–Crippen MR) is 72.6 cm³/mol. The van der Waals surface area contributed by atoms with Gasteiger partial charge >= 0.3 is 0 Å². The molecular weight excluding hydrogens is 256 g/mol. The molecule has 100 valence electrons. The second-order valence-corrected chi connectivity index (χ2v) is 4.19. The Labute approximate surface area is 115 Å². The molecule has 3 heterocycles. The molecule has 2 aromatic heterocycles. The van der Waals surface area contributed by atoms with Crippen LogP contribution in [0.4, 0.5) is 0 Å². The van der Waals surface area contributed by atoms with E-state index in [2.05, 4.69) is 20.5 Å². The fraction of sp³-hybridized carbons (Fsp3) is 0.143. The van der Waals surface area contributed by atoms with Gasteiger partial charge in [-0.05, 0) is 24.3 Å². The number of pyridine rings is 2. The number of hydrazone groups is 1. The SMILES string of the molecule is O=C(N/N=C1\CCOc2cccnc21)c1cccnc1. The van der Waals surface area contributed by atoms with Crippen LogP contribution >= 0.6 is 0 Å². The number of aromatic nitrogens is 2. The van der Waals surface area contributed by atoms with Crippen molar-refractivity contribution in [1.29, 1.82) is 0 Å². The smallest absolute Gasteiger partial charge is 0.272 e. The molecule has 0 spiro atoms. The zero-order valence-electron chi connectivity index (χ0n) is 10.6. The molecule has 0 atom stereocenters. The van der Waals surface area contributed by atoms with Gasteiger partial charge in [0.25, 0.3) is 5.91 Å². The lowest BCUT2D eigenvalue weighted by Gasteiger charge is -2.17. The Morgan fingerprint density at radius 3 is 3.05 bits per heavy atom. The number of amides is 1. The van der Waals surface area contributed by atoms with E-state index in [0.29, 0.717) is 35.7 Å². The first-order valence-corrected chi connectivity index (χ1v) is 6.20. The highest BCUT2D eigenvalue weighted by molar-refractivity contribution is 6.03. The fourth-order valence-corrected chi connectivity index (χ4v) is 1.89. The van der Waals surface area contributed by atoms with E-state index >= 15 is 0 Å². The highest BCUT2D eigenvalue weighted by Gasteiger charge is 2.18. The first kappa shape index (κ1) is 12.3. The van der Waals surface area contributed by atoms with Crippen molar-refractivity contribution in [3.05, 3.63) is 54.1 Å². The Bertz CT molecular complexity index is 655. The van der Waals surface area contributed by atoms with E-state index in [1.807, 2.05) is 6.07 Å². The summed E-state index contributed by atoms with van der Waals surface area (Å²) in [5.74, 6) is 0.391. The molecule has 0 aliphatic carbocycles. The van der Waals surface area contributed by atoms with Crippen molar-refractivity contribution in [1.82, 2.24) is 15.4 Å². The van der Waals surface area contributed by atoms with Crippen LogP contribution in [0.5, 0.6) is 5.75 Å². The molecule has 3 rings (SSSR count). The first-order chi connectivity index (χ1) is 9.84. The largest absolute Gasteiger partial charge is 0.491 e. The summed E-state index contributed by atoms with van der Waals surface area (Å²) in [5.41, 5.74) is 4.37. The maximum absolute atomic E-state index is 11.9. The van der Waals surface area contributed by atoms with Gasteiger partial charge in [-0.2, -0.15) is 5.10 Å². The Hall–Kier alpha value is -2.76. The average molecular weight is 268 g/mol. The van der Waals surface area contributed by atoms with Crippen molar-refractivity contribution in [2.24, 2.45) is 5.10 Å². The molecule has 6 heteroatoms. The molecule has 0 unspecified atom stereocenters. The second-order valence-electron chi connectivity index (χ2n) is 4.19. The highest BCUT2D eigenvalue weighted by Crippen LogP contribution is 2.21. The van der Waals surface area contributed by atoms with E-state index in [9.17, 15) is 4.79 Å². The van der Waals surface area contributed by atoms with E-state index in [1.165, 1.54) is 6.20 Å². The molecule has 1 N–H and O–H groups in total. The number of nitrogens with one attached hydrogen (secondary N) is 1. The molecule has 0 saturated carbocycles. The van der Waals surface area contributed by atoms with Gasteiger partial charge in [0.05, 0.1) is 17.9 Å². The summed E-state index contributed by atoms with van der Waals surface area (Å²) in [6, 6.07) is 7.02. The zero-order chi connectivity index (χ0) is 13.8. The molecule has 0 aromatic carbocycles. The number of fused-ring (bicyclic) bond motifs is 1. The quantitative estimate of drug-likeness (QED) is 0.835. The molecular formula is C14H12N4O2. The summed E-state index contributed by atoms with van der Waals surface area (Å²) in [6.45, 7) is 0.528. The molecule has 1 aliphatic rings. The summed E-state index contributed by atoms with van der Waals surface area (Å²) >= 11 is 0. The Morgan fingerprint density at radius 2 is 2.20 bits per heavy atom. The van der Waals surface area contributed by atoms with Crippen molar-refractivity contribution >= 4 is 11.6 Å². The minimum atomic E-state index is -0.297. The minimum absolute atomic E-state index is 0.297.